The largest absolute Gasteiger partial charge is 0.325 e. The maximum Gasteiger partial charge on any atom is 0.241 e. The molecule has 7 heteroatoms. The number of benzene rings is 1. The Morgan fingerprint density at radius 3 is 2.27 bits per heavy atom. The molecule has 0 aliphatic heterocycles. The SMILES string of the molecule is CCC(C)C(N)C(=O)Nc1ccc(CCS(C)(=O)=O)cc1.Cl. The van der Waals surface area contributed by atoms with Crippen molar-refractivity contribution in [3.63, 3.8) is 0 Å². The number of sulfone groups is 1. The molecule has 0 heterocycles. The molecule has 1 rings (SSSR count). The van der Waals surface area contributed by atoms with E-state index in [-0.39, 0.29) is 30.0 Å². The van der Waals surface area contributed by atoms with E-state index in [1.165, 1.54) is 6.26 Å². The minimum Gasteiger partial charge on any atom is -0.325 e. The van der Waals surface area contributed by atoms with Gasteiger partial charge in [-0.05, 0) is 30.0 Å². The normalized spacial score (nSPS) is 13.8. The van der Waals surface area contributed by atoms with Crippen LogP contribution in [0.1, 0.15) is 25.8 Å². The van der Waals surface area contributed by atoms with Gasteiger partial charge in [0.15, 0.2) is 0 Å². The zero-order valence-electron chi connectivity index (χ0n) is 13.2. The molecule has 0 aliphatic rings. The van der Waals surface area contributed by atoms with Crippen molar-refractivity contribution in [2.45, 2.75) is 32.7 Å². The molecule has 126 valence electrons. The van der Waals surface area contributed by atoms with Gasteiger partial charge in [-0.25, -0.2) is 8.42 Å². The maximum absolute atomic E-state index is 11.9. The molecular weight excluding hydrogens is 324 g/mol. The first kappa shape index (κ1) is 20.9. The van der Waals surface area contributed by atoms with Gasteiger partial charge in [-0.1, -0.05) is 32.4 Å². The van der Waals surface area contributed by atoms with Crippen molar-refractivity contribution in [1.29, 1.82) is 0 Å². The molecular formula is C15H25ClN2O3S. The average Bonchev–Trinajstić information content (AvgIpc) is 2.44. The number of hydrogen-bond acceptors (Lipinski definition) is 4. The molecule has 0 aromatic heterocycles. The lowest BCUT2D eigenvalue weighted by molar-refractivity contribution is -0.118. The number of anilines is 1. The molecule has 2 unspecified atom stereocenters. The van der Waals surface area contributed by atoms with E-state index in [1.807, 2.05) is 26.0 Å². The number of aryl methyl sites for hydroxylation is 1. The van der Waals surface area contributed by atoms with Gasteiger partial charge in [0.25, 0.3) is 0 Å². The van der Waals surface area contributed by atoms with Crippen LogP contribution in [0.2, 0.25) is 0 Å². The van der Waals surface area contributed by atoms with Crippen molar-refractivity contribution in [3.05, 3.63) is 29.8 Å². The van der Waals surface area contributed by atoms with Crippen LogP contribution in [0, 0.1) is 5.92 Å². The Morgan fingerprint density at radius 2 is 1.82 bits per heavy atom. The number of carbonyl (C=O) groups excluding carboxylic acids is 1. The Hall–Kier alpha value is -1.11. The second-order valence-electron chi connectivity index (χ2n) is 5.48. The third-order valence-corrected chi connectivity index (χ3v) is 4.49. The molecule has 0 saturated heterocycles. The summed E-state index contributed by atoms with van der Waals surface area (Å²) in [5.41, 5.74) is 7.46. The summed E-state index contributed by atoms with van der Waals surface area (Å²) in [4.78, 5) is 11.9. The highest BCUT2D eigenvalue weighted by Gasteiger charge is 2.19. The highest BCUT2D eigenvalue weighted by molar-refractivity contribution is 7.90. The lowest BCUT2D eigenvalue weighted by atomic mass is 9.99. The number of hydrogen-bond donors (Lipinski definition) is 2. The second kappa shape index (κ2) is 9.12. The topological polar surface area (TPSA) is 89.3 Å². The zero-order chi connectivity index (χ0) is 16.0. The van der Waals surface area contributed by atoms with Gasteiger partial charge in [-0.15, -0.1) is 12.4 Å². The summed E-state index contributed by atoms with van der Waals surface area (Å²) in [6.45, 7) is 3.94. The third-order valence-electron chi connectivity index (χ3n) is 3.54. The van der Waals surface area contributed by atoms with E-state index in [0.717, 1.165) is 12.0 Å². The highest BCUT2D eigenvalue weighted by atomic mass is 35.5. The fourth-order valence-electron chi connectivity index (χ4n) is 1.80. The molecule has 1 amide bonds. The average molecular weight is 349 g/mol. The van der Waals surface area contributed by atoms with Gasteiger partial charge in [0, 0.05) is 11.9 Å². The maximum atomic E-state index is 11.9. The molecule has 0 radical (unpaired) electrons. The van der Waals surface area contributed by atoms with Crippen LogP contribution in [-0.2, 0) is 21.1 Å². The summed E-state index contributed by atoms with van der Waals surface area (Å²) >= 11 is 0. The van der Waals surface area contributed by atoms with Crippen LogP contribution in [-0.4, -0.2) is 32.4 Å². The lowest BCUT2D eigenvalue weighted by Gasteiger charge is -2.17. The van der Waals surface area contributed by atoms with Gasteiger partial charge in [-0.2, -0.15) is 0 Å². The molecule has 2 atom stereocenters. The van der Waals surface area contributed by atoms with Crippen LogP contribution in [0.25, 0.3) is 0 Å². The fourth-order valence-corrected chi connectivity index (χ4v) is 2.40. The standard InChI is InChI=1S/C15H24N2O3S.ClH/c1-4-11(2)14(16)15(18)17-13-7-5-12(6-8-13)9-10-21(3,19)20;/h5-8,11,14H,4,9-10,16H2,1-3H3,(H,17,18);1H. The molecule has 22 heavy (non-hydrogen) atoms. The minimum atomic E-state index is -2.96. The van der Waals surface area contributed by atoms with Gasteiger partial charge in [0.05, 0.1) is 11.8 Å². The first-order valence-corrected chi connectivity index (χ1v) is 9.12. The number of carbonyl (C=O) groups is 1. The van der Waals surface area contributed by atoms with Crippen LogP contribution >= 0.6 is 12.4 Å². The van der Waals surface area contributed by atoms with Gasteiger partial charge in [0.1, 0.15) is 9.84 Å². The van der Waals surface area contributed by atoms with E-state index in [4.69, 9.17) is 5.73 Å². The lowest BCUT2D eigenvalue weighted by Crippen LogP contribution is -2.40. The second-order valence-corrected chi connectivity index (χ2v) is 7.74. The number of nitrogens with two attached hydrogens (primary N) is 1. The first-order chi connectivity index (χ1) is 9.73. The monoisotopic (exact) mass is 348 g/mol. The van der Waals surface area contributed by atoms with Crippen LogP contribution in [0.3, 0.4) is 0 Å². The molecule has 0 spiro atoms. The molecule has 1 aromatic rings. The van der Waals surface area contributed by atoms with Gasteiger partial charge >= 0.3 is 0 Å². The summed E-state index contributed by atoms with van der Waals surface area (Å²) in [5, 5.41) is 2.77. The highest BCUT2D eigenvalue weighted by Crippen LogP contribution is 2.13. The van der Waals surface area contributed by atoms with E-state index >= 15 is 0 Å². The zero-order valence-corrected chi connectivity index (χ0v) is 14.8. The van der Waals surface area contributed by atoms with Crippen molar-refractivity contribution in [2.75, 3.05) is 17.3 Å². The van der Waals surface area contributed by atoms with E-state index in [9.17, 15) is 13.2 Å². The fraction of sp³-hybridized carbons (Fsp3) is 0.533. The summed E-state index contributed by atoms with van der Waals surface area (Å²) in [6, 6.07) is 6.63. The molecule has 1 aromatic carbocycles. The van der Waals surface area contributed by atoms with Crippen LogP contribution in [0.5, 0.6) is 0 Å². The Bertz CT molecular complexity index is 573. The predicted octanol–water partition coefficient (Wildman–Crippen LogP) is 2.01. The molecule has 0 saturated carbocycles. The molecule has 0 bridgehead atoms. The summed E-state index contributed by atoms with van der Waals surface area (Å²) in [7, 11) is -2.96. The van der Waals surface area contributed by atoms with Crippen LogP contribution in [0.15, 0.2) is 24.3 Å². The first-order valence-electron chi connectivity index (χ1n) is 7.06. The quantitative estimate of drug-likeness (QED) is 0.788. The minimum absolute atomic E-state index is 0. The van der Waals surface area contributed by atoms with Crippen LogP contribution in [0.4, 0.5) is 5.69 Å². The van der Waals surface area contributed by atoms with E-state index in [2.05, 4.69) is 5.32 Å². The smallest absolute Gasteiger partial charge is 0.241 e. The number of rotatable bonds is 7. The molecule has 0 fully saturated rings. The summed E-state index contributed by atoms with van der Waals surface area (Å²) in [6.07, 6.45) is 2.54. The van der Waals surface area contributed by atoms with E-state index < -0.39 is 15.9 Å². The number of halogens is 1. The Morgan fingerprint density at radius 1 is 1.27 bits per heavy atom. The third kappa shape index (κ3) is 7.24. The molecule has 5 nitrogen and oxygen atoms in total. The van der Waals surface area contributed by atoms with E-state index in [0.29, 0.717) is 12.1 Å². The molecule has 0 aliphatic carbocycles. The van der Waals surface area contributed by atoms with E-state index in [1.54, 1.807) is 12.1 Å². The van der Waals surface area contributed by atoms with Crippen molar-refractivity contribution >= 4 is 33.8 Å². The van der Waals surface area contributed by atoms with Gasteiger partial charge < -0.3 is 11.1 Å². The number of amides is 1. The van der Waals surface area contributed by atoms with Crippen molar-refractivity contribution in [3.8, 4) is 0 Å². The van der Waals surface area contributed by atoms with Crippen molar-refractivity contribution in [1.82, 2.24) is 0 Å². The predicted molar refractivity (Wildman–Crippen MR) is 93.2 cm³/mol. The van der Waals surface area contributed by atoms with Gasteiger partial charge in [0.2, 0.25) is 5.91 Å². The van der Waals surface area contributed by atoms with Crippen molar-refractivity contribution < 1.29 is 13.2 Å². The van der Waals surface area contributed by atoms with Gasteiger partial charge in [-0.3, -0.25) is 4.79 Å². The number of nitrogens with one attached hydrogen (secondary N) is 1. The Kier molecular flexibility index (Phi) is 8.66. The van der Waals surface area contributed by atoms with Crippen LogP contribution < -0.4 is 11.1 Å². The summed E-state index contributed by atoms with van der Waals surface area (Å²) < 4.78 is 22.2. The summed E-state index contributed by atoms with van der Waals surface area (Å²) in [5.74, 6) is 0.0460. The molecule has 3 N–H and O–H groups in total. The Balaban J connectivity index is 0.00000441. The Labute approximate surface area is 139 Å². The van der Waals surface area contributed by atoms with Crippen molar-refractivity contribution in [2.24, 2.45) is 11.7 Å².